The molecule has 0 saturated carbocycles. The third kappa shape index (κ3) is 4.49. The Labute approximate surface area is 170 Å². The Kier molecular flexibility index (Phi) is 5.64. The van der Waals surface area contributed by atoms with Gasteiger partial charge in [-0.05, 0) is 36.9 Å². The van der Waals surface area contributed by atoms with Gasteiger partial charge in [0.25, 0.3) is 0 Å². The van der Waals surface area contributed by atoms with Crippen LogP contribution in [0.4, 0.5) is 17.6 Å². The molecule has 29 heavy (non-hydrogen) atoms. The van der Waals surface area contributed by atoms with Crippen molar-refractivity contribution < 1.29 is 4.74 Å². The van der Waals surface area contributed by atoms with Gasteiger partial charge < -0.3 is 20.7 Å². The molecule has 0 amide bonds. The highest BCUT2D eigenvalue weighted by Crippen LogP contribution is 2.26. The van der Waals surface area contributed by atoms with E-state index in [-0.39, 0.29) is 0 Å². The fraction of sp³-hybridized carbons (Fsp3) is 0.333. The largest absolute Gasteiger partial charge is 0.495 e. The molecular formula is C21H27N7O. The van der Waals surface area contributed by atoms with Crippen molar-refractivity contribution in [2.75, 3.05) is 51.4 Å². The van der Waals surface area contributed by atoms with Gasteiger partial charge in [-0.2, -0.15) is 9.67 Å². The minimum Gasteiger partial charge on any atom is -0.495 e. The summed E-state index contributed by atoms with van der Waals surface area (Å²) in [6.07, 6.45) is 0. The summed E-state index contributed by atoms with van der Waals surface area (Å²) in [4.78, 5) is 9.18. The van der Waals surface area contributed by atoms with Crippen LogP contribution >= 0.6 is 0 Å². The van der Waals surface area contributed by atoms with E-state index >= 15 is 0 Å². The zero-order chi connectivity index (χ0) is 20.2. The van der Waals surface area contributed by atoms with Crippen LogP contribution in [0, 0.1) is 0 Å². The summed E-state index contributed by atoms with van der Waals surface area (Å²) >= 11 is 0. The van der Waals surface area contributed by atoms with Crippen molar-refractivity contribution >= 4 is 17.6 Å². The van der Waals surface area contributed by atoms with Crippen molar-refractivity contribution in [3.05, 3.63) is 54.1 Å². The molecule has 2 aromatic carbocycles. The van der Waals surface area contributed by atoms with Gasteiger partial charge in [0.1, 0.15) is 5.75 Å². The molecule has 3 N–H and O–H groups in total. The third-order valence-electron chi connectivity index (χ3n) is 5.17. The topological polar surface area (TPSA) is 84.5 Å². The number of nitrogens with one attached hydrogen (secondary N) is 1. The van der Waals surface area contributed by atoms with Gasteiger partial charge in [-0.3, -0.25) is 4.90 Å². The normalized spacial score (nSPS) is 15.4. The molecule has 1 fully saturated rings. The fourth-order valence-corrected chi connectivity index (χ4v) is 3.44. The molecule has 1 saturated heterocycles. The van der Waals surface area contributed by atoms with Crippen molar-refractivity contribution in [2.45, 2.75) is 6.54 Å². The van der Waals surface area contributed by atoms with E-state index < -0.39 is 0 Å². The third-order valence-corrected chi connectivity index (χ3v) is 5.17. The number of rotatable bonds is 6. The molecule has 1 aromatic heterocycles. The van der Waals surface area contributed by atoms with Crippen molar-refractivity contribution in [2.24, 2.45) is 0 Å². The van der Waals surface area contributed by atoms with Gasteiger partial charge in [0.15, 0.2) is 0 Å². The predicted octanol–water partition coefficient (Wildman–Crippen LogP) is 2.35. The lowest BCUT2D eigenvalue weighted by Crippen LogP contribution is -2.43. The van der Waals surface area contributed by atoms with Gasteiger partial charge in [0.2, 0.25) is 11.9 Å². The van der Waals surface area contributed by atoms with E-state index in [1.54, 1.807) is 11.8 Å². The zero-order valence-corrected chi connectivity index (χ0v) is 16.9. The van der Waals surface area contributed by atoms with E-state index in [4.69, 9.17) is 10.5 Å². The Hall–Kier alpha value is -3.10. The standard InChI is InChI=1S/C21H27N7O/c1-26-11-13-27(14-12-26)15-16-7-9-17(10-8-16)28-20(22)24-21(25-28)23-18-5-3-4-6-19(18)29-2/h3-10H,11-15H2,1-2H3,(H3,22,23,24,25). The number of methoxy groups -OCH3 is 1. The van der Waals surface area contributed by atoms with Crippen molar-refractivity contribution in [3.8, 4) is 11.4 Å². The van der Waals surface area contributed by atoms with Crippen LogP contribution in [0.2, 0.25) is 0 Å². The van der Waals surface area contributed by atoms with Crippen LogP contribution in [0.5, 0.6) is 5.75 Å². The molecule has 0 aliphatic carbocycles. The van der Waals surface area contributed by atoms with Crippen LogP contribution in [0.3, 0.4) is 0 Å². The molecule has 0 atom stereocenters. The molecule has 152 valence electrons. The van der Waals surface area contributed by atoms with Gasteiger partial charge in [0, 0.05) is 32.7 Å². The number of nitrogens with two attached hydrogens (primary N) is 1. The quantitative estimate of drug-likeness (QED) is 0.665. The van der Waals surface area contributed by atoms with Gasteiger partial charge in [-0.15, -0.1) is 5.10 Å². The molecule has 8 heteroatoms. The molecule has 1 aliphatic heterocycles. The maximum absolute atomic E-state index is 6.10. The fourth-order valence-electron chi connectivity index (χ4n) is 3.44. The lowest BCUT2D eigenvalue weighted by Gasteiger charge is -2.32. The van der Waals surface area contributed by atoms with Crippen molar-refractivity contribution in [1.82, 2.24) is 24.6 Å². The number of nitrogens with zero attached hydrogens (tertiary/aromatic N) is 5. The second-order valence-electron chi connectivity index (χ2n) is 7.28. The number of likely N-dealkylation sites (N-methyl/N-ethyl adjacent to an activating group) is 1. The second kappa shape index (κ2) is 8.50. The number of anilines is 3. The molecule has 0 unspecified atom stereocenters. The van der Waals surface area contributed by atoms with Crippen LogP contribution in [-0.4, -0.2) is 64.9 Å². The summed E-state index contributed by atoms with van der Waals surface area (Å²) < 4.78 is 6.99. The smallest absolute Gasteiger partial charge is 0.248 e. The van der Waals surface area contributed by atoms with E-state index in [1.807, 2.05) is 36.4 Å². The Morgan fingerprint density at radius 1 is 1.03 bits per heavy atom. The average molecular weight is 393 g/mol. The highest BCUT2D eigenvalue weighted by atomic mass is 16.5. The lowest BCUT2D eigenvalue weighted by atomic mass is 10.2. The van der Waals surface area contributed by atoms with E-state index in [1.165, 1.54) is 5.56 Å². The molecule has 0 radical (unpaired) electrons. The van der Waals surface area contributed by atoms with Crippen LogP contribution in [0.15, 0.2) is 48.5 Å². The number of hydrogen-bond donors (Lipinski definition) is 2. The number of ether oxygens (including phenoxy) is 1. The highest BCUT2D eigenvalue weighted by molar-refractivity contribution is 5.63. The number of piperazine rings is 1. The predicted molar refractivity (Wildman–Crippen MR) is 115 cm³/mol. The second-order valence-corrected chi connectivity index (χ2v) is 7.28. The number of hydrogen-bond acceptors (Lipinski definition) is 7. The molecule has 0 bridgehead atoms. The van der Waals surface area contributed by atoms with Crippen LogP contribution in [-0.2, 0) is 6.54 Å². The van der Waals surface area contributed by atoms with E-state index in [2.05, 4.69) is 44.4 Å². The first-order valence-electron chi connectivity index (χ1n) is 9.75. The first kappa shape index (κ1) is 19.2. The maximum atomic E-state index is 6.10. The molecule has 2 heterocycles. The summed E-state index contributed by atoms with van der Waals surface area (Å²) in [6.45, 7) is 5.41. The number of benzene rings is 2. The number of aromatic nitrogens is 3. The summed E-state index contributed by atoms with van der Waals surface area (Å²) in [5.41, 5.74) is 9.05. The first-order chi connectivity index (χ1) is 14.1. The average Bonchev–Trinajstić information content (AvgIpc) is 3.11. The summed E-state index contributed by atoms with van der Waals surface area (Å²) in [5, 5.41) is 7.67. The van der Waals surface area contributed by atoms with Crippen LogP contribution in [0.25, 0.3) is 5.69 Å². The SMILES string of the molecule is COc1ccccc1Nc1nc(N)n(-c2ccc(CN3CCN(C)CC3)cc2)n1. The summed E-state index contributed by atoms with van der Waals surface area (Å²) in [7, 11) is 3.80. The lowest BCUT2D eigenvalue weighted by molar-refractivity contribution is 0.148. The molecule has 1 aliphatic rings. The molecule has 8 nitrogen and oxygen atoms in total. The van der Waals surface area contributed by atoms with Crippen molar-refractivity contribution in [1.29, 1.82) is 0 Å². The minimum absolute atomic E-state index is 0.328. The van der Waals surface area contributed by atoms with Crippen LogP contribution < -0.4 is 15.8 Å². The van der Waals surface area contributed by atoms with E-state index in [0.29, 0.717) is 11.9 Å². The molecule has 4 rings (SSSR count). The highest BCUT2D eigenvalue weighted by Gasteiger charge is 2.14. The zero-order valence-electron chi connectivity index (χ0n) is 16.9. The van der Waals surface area contributed by atoms with E-state index in [9.17, 15) is 0 Å². The Bertz CT molecular complexity index is 946. The monoisotopic (exact) mass is 393 g/mol. The maximum Gasteiger partial charge on any atom is 0.248 e. The molecular weight excluding hydrogens is 366 g/mol. The first-order valence-corrected chi connectivity index (χ1v) is 9.75. The van der Waals surface area contributed by atoms with Gasteiger partial charge in [0.05, 0.1) is 18.5 Å². The minimum atomic E-state index is 0.328. The Morgan fingerprint density at radius 2 is 1.76 bits per heavy atom. The van der Waals surface area contributed by atoms with E-state index in [0.717, 1.165) is 49.8 Å². The van der Waals surface area contributed by atoms with Gasteiger partial charge >= 0.3 is 0 Å². The molecule has 0 spiro atoms. The Morgan fingerprint density at radius 3 is 2.48 bits per heavy atom. The van der Waals surface area contributed by atoms with Gasteiger partial charge in [-0.25, -0.2) is 0 Å². The van der Waals surface area contributed by atoms with Crippen LogP contribution in [0.1, 0.15) is 5.56 Å². The number of para-hydroxylation sites is 2. The number of nitrogen functional groups attached to an aromatic ring is 1. The summed E-state index contributed by atoms with van der Waals surface area (Å²) in [6, 6.07) is 15.9. The van der Waals surface area contributed by atoms with Crippen molar-refractivity contribution in [3.63, 3.8) is 0 Å². The molecule has 3 aromatic rings. The summed E-state index contributed by atoms with van der Waals surface area (Å²) in [5.74, 6) is 1.47. The van der Waals surface area contributed by atoms with Gasteiger partial charge in [-0.1, -0.05) is 24.3 Å². The Balaban J connectivity index is 1.46.